The van der Waals surface area contributed by atoms with E-state index in [1.807, 2.05) is 6.61 Å². The predicted molar refractivity (Wildman–Crippen MR) is 39.5 cm³/mol. The van der Waals surface area contributed by atoms with Crippen molar-refractivity contribution in [2.45, 2.75) is 31.3 Å². The zero-order chi connectivity index (χ0) is 6.86. The molecule has 1 N–H and O–H groups in total. The highest BCUT2D eigenvalue weighted by atomic mass is 16.5. The number of hydrogen-bond donors (Lipinski definition) is 1. The van der Waals surface area contributed by atoms with E-state index >= 15 is 0 Å². The molecule has 2 saturated heterocycles. The number of rotatable bonds is 0. The Bertz CT molecular complexity index is 110. The van der Waals surface area contributed by atoms with E-state index in [9.17, 15) is 0 Å². The SMILES string of the molecule is [CH]1CCC2(CCCNC2)O1. The van der Waals surface area contributed by atoms with Crippen molar-refractivity contribution in [3.8, 4) is 0 Å². The van der Waals surface area contributed by atoms with E-state index in [1.165, 1.54) is 25.8 Å². The molecule has 0 aromatic carbocycles. The van der Waals surface area contributed by atoms with Gasteiger partial charge in [0.05, 0.1) is 12.2 Å². The summed E-state index contributed by atoms with van der Waals surface area (Å²) in [7, 11) is 0. The van der Waals surface area contributed by atoms with Crippen molar-refractivity contribution in [1.82, 2.24) is 5.32 Å². The zero-order valence-corrected chi connectivity index (χ0v) is 6.23. The highest BCUT2D eigenvalue weighted by molar-refractivity contribution is 4.93. The topological polar surface area (TPSA) is 21.3 Å². The van der Waals surface area contributed by atoms with Gasteiger partial charge in [-0.3, -0.25) is 0 Å². The lowest BCUT2D eigenvalue weighted by Gasteiger charge is -2.32. The lowest BCUT2D eigenvalue weighted by molar-refractivity contribution is 0.0128. The van der Waals surface area contributed by atoms with Crippen LogP contribution < -0.4 is 5.32 Å². The maximum absolute atomic E-state index is 5.59. The van der Waals surface area contributed by atoms with Crippen LogP contribution in [0.1, 0.15) is 25.7 Å². The van der Waals surface area contributed by atoms with E-state index in [1.54, 1.807) is 0 Å². The van der Waals surface area contributed by atoms with Gasteiger partial charge in [-0.2, -0.15) is 0 Å². The van der Waals surface area contributed by atoms with Gasteiger partial charge in [-0.05, 0) is 32.2 Å². The van der Waals surface area contributed by atoms with Crippen LogP contribution in [-0.4, -0.2) is 18.7 Å². The summed E-state index contributed by atoms with van der Waals surface area (Å²) in [6.07, 6.45) is 4.88. The average molecular weight is 140 g/mol. The molecule has 2 rings (SSSR count). The molecule has 2 heteroatoms. The summed E-state index contributed by atoms with van der Waals surface area (Å²) in [5.41, 5.74) is 0.207. The van der Waals surface area contributed by atoms with E-state index < -0.39 is 0 Å². The van der Waals surface area contributed by atoms with Gasteiger partial charge in [0.1, 0.15) is 0 Å². The molecular formula is C8H14NO. The molecule has 1 radical (unpaired) electrons. The molecule has 1 unspecified atom stereocenters. The maximum Gasteiger partial charge on any atom is 0.0846 e. The van der Waals surface area contributed by atoms with E-state index in [-0.39, 0.29) is 5.60 Å². The van der Waals surface area contributed by atoms with Crippen LogP contribution in [0.15, 0.2) is 0 Å². The highest BCUT2D eigenvalue weighted by Gasteiger charge is 2.36. The second-order valence-corrected chi connectivity index (χ2v) is 3.29. The van der Waals surface area contributed by atoms with E-state index in [0.717, 1.165) is 13.0 Å². The minimum atomic E-state index is 0.207. The molecule has 0 saturated carbocycles. The quantitative estimate of drug-likeness (QED) is 0.543. The van der Waals surface area contributed by atoms with Crippen molar-refractivity contribution in [1.29, 1.82) is 0 Å². The van der Waals surface area contributed by atoms with Crippen LogP contribution in [0.4, 0.5) is 0 Å². The first-order chi connectivity index (χ1) is 4.91. The van der Waals surface area contributed by atoms with Crippen LogP contribution in [0, 0.1) is 6.61 Å². The number of piperidine rings is 1. The molecule has 0 amide bonds. The van der Waals surface area contributed by atoms with E-state index in [2.05, 4.69) is 5.32 Å². The fourth-order valence-corrected chi connectivity index (χ4v) is 1.87. The summed E-state index contributed by atoms with van der Waals surface area (Å²) in [4.78, 5) is 0. The summed E-state index contributed by atoms with van der Waals surface area (Å²) in [5, 5.41) is 3.37. The Balaban J connectivity index is 1.98. The molecule has 2 heterocycles. The second-order valence-electron chi connectivity index (χ2n) is 3.29. The Kier molecular flexibility index (Phi) is 1.66. The molecule has 0 aromatic rings. The third-order valence-corrected chi connectivity index (χ3v) is 2.48. The second kappa shape index (κ2) is 2.51. The Morgan fingerprint density at radius 2 is 2.40 bits per heavy atom. The first-order valence-electron chi connectivity index (χ1n) is 4.12. The molecule has 57 valence electrons. The molecule has 10 heavy (non-hydrogen) atoms. The lowest BCUT2D eigenvalue weighted by Crippen LogP contribution is -2.44. The smallest absolute Gasteiger partial charge is 0.0846 e. The van der Waals surface area contributed by atoms with Gasteiger partial charge < -0.3 is 10.1 Å². The maximum atomic E-state index is 5.59. The fraction of sp³-hybridized carbons (Fsp3) is 0.875. The van der Waals surface area contributed by atoms with Gasteiger partial charge in [0.15, 0.2) is 0 Å². The molecule has 2 fully saturated rings. The van der Waals surface area contributed by atoms with Crippen LogP contribution in [0.2, 0.25) is 0 Å². The molecule has 2 nitrogen and oxygen atoms in total. The largest absolute Gasteiger partial charge is 0.368 e. The van der Waals surface area contributed by atoms with Crippen LogP contribution in [0.25, 0.3) is 0 Å². The molecule has 1 atom stereocenters. The van der Waals surface area contributed by atoms with Gasteiger partial charge >= 0.3 is 0 Å². The average Bonchev–Trinajstić information content (AvgIpc) is 2.39. The summed E-state index contributed by atoms with van der Waals surface area (Å²) in [5.74, 6) is 0. The number of ether oxygens (including phenoxy) is 1. The minimum absolute atomic E-state index is 0.207. The van der Waals surface area contributed by atoms with Crippen LogP contribution in [0.5, 0.6) is 0 Å². The first kappa shape index (κ1) is 6.62. The molecule has 0 bridgehead atoms. The summed E-state index contributed by atoms with van der Waals surface area (Å²) in [6, 6.07) is 0. The number of hydrogen-bond acceptors (Lipinski definition) is 2. The third kappa shape index (κ3) is 1.06. The Morgan fingerprint density at radius 1 is 1.40 bits per heavy atom. The molecule has 1 spiro atoms. The minimum Gasteiger partial charge on any atom is -0.368 e. The van der Waals surface area contributed by atoms with Gasteiger partial charge in [-0.15, -0.1) is 0 Å². The highest BCUT2D eigenvalue weighted by Crippen LogP contribution is 2.33. The summed E-state index contributed by atoms with van der Waals surface area (Å²) >= 11 is 0. The third-order valence-electron chi connectivity index (χ3n) is 2.48. The van der Waals surface area contributed by atoms with E-state index in [4.69, 9.17) is 4.74 Å². The van der Waals surface area contributed by atoms with Crippen LogP contribution >= 0.6 is 0 Å². The summed E-state index contributed by atoms with van der Waals surface area (Å²) in [6.45, 7) is 4.20. The van der Waals surface area contributed by atoms with Crippen LogP contribution in [0.3, 0.4) is 0 Å². The van der Waals surface area contributed by atoms with Crippen LogP contribution in [-0.2, 0) is 4.74 Å². The first-order valence-corrected chi connectivity index (χ1v) is 4.12. The normalized spacial score (nSPS) is 40.8. The van der Waals surface area contributed by atoms with Crippen molar-refractivity contribution >= 4 is 0 Å². The molecular weight excluding hydrogens is 126 g/mol. The van der Waals surface area contributed by atoms with Crippen molar-refractivity contribution in [2.75, 3.05) is 13.1 Å². The van der Waals surface area contributed by atoms with E-state index in [0.29, 0.717) is 0 Å². The Labute approximate surface area is 61.9 Å². The molecule has 2 aliphatic rings. The molecule has 0 aromatic heterocycles. The van der Waals surface area contributed by atoms with Gasteiger partial charge in [0, 0.05) is 6.54 Å². The Morgan fingerprint density at radius 3 is 3.00 bits per heavy atom. The van der Waals surface area contributed by atoms with Crippen molar-refractivity contribution in [3.05, 3.63) is 6.61 Å². The fourth-order valence-electron chi connectivity index (χ4n) is 1.87. The van der Waals surface area contributed by atoms with Gasteiger partial charge in [0.2, 0.25) is 0 Å². The molecule has 2 aliphatic heterocycles. The summed E-state index contributed by atoms with van der Waals surface area (Å²) < 4.78 is 5.59. The predicted octanol–water partition coefficient (Wildman–Crippen LogP) is 1.08. The lowest BCUT2D eigenvalue weighted by atomic mass is 9.91. The zero-order valence-electron chi connectivity index (χ0n) is 6.23. The van der Waals surface area contributed by atoms with Gasteiger partial charge in [-0.25, -0.2) is 0 Å². The molecule has 0 aliphatic carbocycles. The monoisotopic (exact) mass is 140 g/mol. The Hall–Kier alpha value is -0.0800. The van der Waals surface area contributed by atoms with Gasteiger partial charge in [0.25, 0.3) is 0 Å². The van der Waals surface area contributed by atoms with Crippen molar-refractivity contribution in [3.63, 3.8) is 0 Å². The number of nitrogens with one attached hydrogen (secondary N) is 1. The van der Waals surface area contributed by atoms with Crippen molar-refractivity contribution < 1.29 is 4.74 Å². The van der Waals surface area contributed by atoms with Crippen molar-refractivity contribution in [2.24, 2.45) is 0 Å². The standard InChI is InChI=1S/C8H14NO/c1-3-8(7-9-5-1)4-2-6-10-8/h6,9H,1-5,7H2. The van der Waals surface area contributed by atoms with Gasteiger partial charge in [-0.1, -0.05) is 0 Å².